The van der Waals surface area contributed by atoms with Crippen LogP contribution in [-0.2, 0) is 9.53 Å². The van der Waals surface area contributed by atoms with E-state index in [9.17, 15) is 9.59 Å². The van der Waals surface area contributed by atoms with E-state index in [1.807, 2.05) is 0 Å². The van der Waals surface area contributed by atoms with Gasteiger partial charge < -0.3 is 9.15 Å². The minimum atomic E-state index is -0.410. The summed E-state index contributed by atoms with van der Waals surface area (Å²) < 4.78 is 10.6. The monoisotopic (exact) mass is 328 g/mol. The largest absolute Gasteiger partial charge is 0.465 e. The van der Waals surface area contributed by atoms with Crippen molar-refractivity contribution in [2.45, 2.75) is 0 Å². The van der Waals surface area contributed by atoms with E-state index in [-0.39, 0.29) is 5.91 Å². The van der Waals surface area contributed by atoms with Crippen molar-refractivity contribution in [1.29, 1.82) is 0 Å². The Bertz CT molecular complexity index is 881. The van der Waals surface area contributed by atoms with Crippen molar-refractivity contribution < 1.29 is 18.7 Å². The van der Waals surface area contributed by atoms with Gasteiger partial charge in [-0.25, -0.2) is 9.78 Å². The molecule has 1 amide bonds. The number of fused-ring (bicyclic) bond motifs is 1. The molecule has 1 N–H and O–H groups in total. The zero-order valence-corrected chi connectivity index (χ0v) is 12.9. The second kappa shape index (κ2) is 6.45. The molecule has 0 saturated heterocycles. The van der Waals surface area contributed by atoms with E-state index < -0.39 is 5.97 Å². The lowest BCUT2D eigenvalue weighted by atomic mass is 10.2. The van der Waals surface area contributed by atoms with Gasteiger partial charge >= 0.3 is 5.97 Å². The minimum absolute atomic E-state index is 0.311. The van der Waals surface area contributed by atoms with Crippen molar-refractivity contribution in [3.8, 4) is 0 Å². The van der Waals surface area contributed by atoms with Gasteiger partial charge in [-0.2, -0.15) is 0 Å². The summed E-state index contributed by atoms with van der Waals surface area (Å²) in [6.07, 6.45) is 4.47. The number of furan rings is 1. The molecule has 0 unspecified atom stereocenters. The van der Waals surface area contributed by atoms with Crippen LogP contribution in [0, 0.1) is 0 Å². The molecule has 116 valence electrons. The average Bonchev–Trinajstić information content (AvgIpc) is 3.20. The molecule has 0 aliphatic heterocycles. The Morgan fingerprint density at radius 1 is 1.35 bits per heavy atom. The summed E-state index contributed by atoms with van der Waals surface area (Å²) in [5.41, 5.74) is 1.15. The first-order valence-corrected chi connectivity index (χ1v) is 7.49. The van der Waals surface area contributed by atoms with Crippen molar-refractivity contribution in [2.75, 3.05) is 12.4 Å². The molecule has 6 nitrogen and oxygen atoms in total. The van der Waals surface area contributed by atoms with E-state index in [0.717, 1.165) is 4.70 Å². The predicted molar refractivity (Wildman–Crippen MR) is 87.3 cm³/mol. The van der Waals surface area contributed by atoms with Crippen LogP contribution in [0.1, 0.15) is 16.1 Å². The number of amides is 1. The van der Waals surface area contributed by atoms with Crippen molar-refractivity contribution in [3.05, 3.63) is 54.0 Å². The van der Waals surface area contributed by atoms with E-state index in [1.54, 1.807) is 36.4 Å². The molecule has 0 aliphatic rings. The van der Waals surface area contributed by atoms with E-state index in [1.165, 1.54) is 30.8 Å². The summed E-state index contributed by atoms with van der Waals surface area (Å²) >= 11 is 1.28. The summed E-state index contributed by atoms with van der Waals surface area (Å²) in [4.78, 5) is 27.7. The highest BCUT2D eigenvalue weighted by atomic mass is 32.1. The minimum Gasteiger partial charge on any atom is -0.465 e. The maximum Gasteiger partial charge on any atom is 0.337 e. The van der Waals surface area contributed by atoms with Gasteiger partial charge in [0.2, 0.25) is 5.91 Å². The Morgan fingerprint density at radius 2 is 2.22 bits per heavy atom. The molecule has 23 heavy (non-hydrogen) atoms. The SMILES string of the molecule is COC(=O)c1ccc2nc(NC(=O)C=Cc3ccco3)sc2c1. The van der Waals surface area contributed by atoms with Gasteiger partial charge in [-0.05, 0) is 36.4 Å². The summed E-state index contributed by atoms with van der Waals surface area (Å²) in [7, 11) is 1.33. The first kappa shape index (κ1) is 15.0. The number of hydrogen-bond acceptors (Lipinski definition) is 6. The average molecular weight is 328 g/mol. The number of rotatable bonds is 4. The lowest BCUT2D eigenvalue weighted by molar-refractivity contribution is -0.111. The van der Waals surface area contributed by atoms with Crippen LogP contribution >= 0.6 is 11.3 Å². The van der Waals surface area contributed by atoms with Crippen LogP contribution in [0.5, 0.6) is 0 Å². The summed E-state index contributed by atoms with van der Waals surface area (Å²) in [6, 6.07) is 8.52. The van der Waals surface area contributed by atoms with Crippen LogP contribution in [-0.4, -0.2) is 24.0 Å². The zero-order valence-electron chi connectivity index (χ0n) is 12.1. The van der Waals surface area contributed by atoms with Crippen molar-refractivity contribution in [1.82, 2.24) is 4.98 Å². The Hall–Kier alpha value is -2.93. The quantitative estimate of drug-likeness (QED) is 0.587. The molecule has 2 heterocycles. The lowest BCUT2D eigenvalue weighted by Crippen LogP contribution is -2.07. The molecule has 1 aromatic carbocycles. The molecule has 0 atom stereocenters. The number of nitrogens with zero attached hydrogens (tertiary/aromatic N) is 1. The van der Waals surface area contributed by atoms with Crippen molar-refractivity contribution in [2.24, 2.45) is 0 Å². The normalized spacial score (nSPS) is 11.0. The standard InChI is InChI=1S/C16H12N2O4S/c1-21-15(20)10-4-6-12-13(9-10)23-16(17-12)18-14(19)7-5-11-3-2-8-22-11/h2-9H,1H3,(H,17,18,19). The maximum atomic E-state index is 11.9. The van der Waals surface area contributed by atoms with Crippen LogP contribution < -0.4 is 5.32 Å². The van der Waals surface area contributed by atoms with Crippen LogP contribution in [0.15, 0.2) is 47.1 Å². The molecule has 3 rings (SSSR count). The lowest BCUT2D eigenvalue weighted by Gasteiger charge is -1.97. The molecule has 7 heteroatoms. The highest BCUT2D eigenvalue weighted by molar-refractivity contribution is 7.22. The van der Waals surface area contributed by atoms with E-state index >= 15 is 0 Å². The number of esters is 1. The van der Waals surface area contributed by atoms with E-state index in [0.29, 0.717) is 22.0 Å². The third kappa shape index (κ3) is 3.46. The topological polar surface area (TPSA) is 81.4 Å². The number of anilines is 1. The second-order valence-electron chi connectivity index (χ2n) is 4.53. The first-order chi connectivity index (χ1) is 11.2. The Balaban J connectivity index is 1.75. The number of aromatic nitrogens is 1. The highest BCUT2D eigenvalue weighted by Gasteiger charge is 2.10. The molecule has 0 radical (unpaired) electrons. The maximum absolute atomic E-state index is 11.9. The van der Waals surface area contributed by atoms with Gasteiger partial charge in [0.1, 0.15) is 5.76 Å². The summed E-state index contributed by atoms with van der Waals surface area (Å²) in [5.74, 6) is -0.131. The third-order valence-corrected chi connectivity index (χ3v) is 3.92. The van der Waals surface area contributed by atoms with Crippen LogP contribution in [0.4, 0.5) is 5.13 Å². The fourth-order valence-electron chi connectivity index (χ4n) is 1.91. The predicted octanol–water partition coefficient (Wildman–Crippen LogP) is 3.33. The fraction of sp³-hybridized carbons (Fsp3) is 0.0625. The summed E-state index contributed by atoms with van der Waals surface area (Å²) in [6.45, 7) is 0. The van der Waals surface area contributed by atoms with Crippen LogP contribution in [0.25, 0.3) is 16.3 Å². The molecular weight excluding hydrogens is 316 g/mol. The van der Waals surface area contributed by atoms with Gasteiger partial charge in [-0.15, -0.1) is 0 Å². The van der Waals surface area contributed by atoms with E-state index in [2.05, 4.69) is 15.0 Å². The number of thiazole rings is 1. The summed E-state index contributed by atoms with van der Waals surface area (Å²) in [5, 5.41) is 3.14. The molecule has 0 aliphatic carbocycles. The Labute approximate surface area is 135 Å². The Kier molecular flexibility index (Phi) is 4.20. The van der Waals surface area contributed by atoms with Gasteiger partial charge in [0.15, 0.2) is 5.13 Å². The second-order valence-corrected chi connectivity index (χ2v) is 5.56. The smallest absolute Gasteiger partial charge is 0.337 e. The first-order valence-electron chi connectivity index (χ1n) is 6.67. The number of ether oxygens (including phenoxy) is 1. The Morgan fingerprint density at radius 3 is 2.96 bits per heavy atom. The van der Waals surface area contributed by atoms with Crippen LogP contribution in [0.3, 0.4) is 0 Å². The number of nitrogens with one attached hydrogen (secondary N) is 1. The molecule has 0 spiro atoms. The number of carbonyl (C=O) groups is 2. The molecular formula is C16H12N2O4S. The van der Waals surface area contributed by atoms with Crippen molar-refractivity contribution in [3.63, 3.8) is 0 Å². The van der Waals surface area contributed by atoms with Gasteiger partial charge in [-0.1, -0.05) is 11.3 Å². The molecule has 3 aromatic rings. The van der Waals surface area contributed by atoms with Gasteiger partial charge in [0.25, 0.3) is 0 Å². The molecule has 0 saturated carbocycles. The third-order valence-electron chi connectivity index (χ3n) is 2.98. The fourth-order valence-corrected chi connectivity index (χ4v) is 2.82. The molecule has 0 fully saturated rings. The number of hydrogen-bond donors (Lipinski definition) is 1. The highest BCUT2D eigenvalue weighted by Crippen LogP contribution is 2.27. The number of benzene rings is 1. The molecule has 2 aromatic heterocycles. The van der Waals surface area contributed by atoms with Crippen molar-refractivity contribution >= 4 is 44.6 Å². The van der Waals surface area contributed by atoms with Gasteiger partial charge in [0.05, 0.1) is 29.2 Å². The molecule has 0 bridgehead atoms. The number of carbonyl (C=O) groups excluding carboxylic acids is 2. The van der Waals surface area contributed by atoms with E-state index in [4.69, 9.17) is 4.42 Å². The zero-order chi connectivity index (χ0) is 16.2. The van der Waals surface area contributed by atoms with Gasteiger partial charge in [0, 0.05) is 6.08 Å². The number of methoxy groups -OCH3 is 1. The van der Waals surface area contributed by atoms with Crippen LogP contribution in [0.2, 0.25) is 0 Å². The van der Waals surface area contributed by atoms with Gasteiger partial charge in [-0.3, -0.25) is 10.1 Å².